The fraction of sp³-hybridized carbons (Fsp3) is 0.333. The predicted molar refractivity (Wildman–Crippen MR) is 97.5 cm³/mol. The number of halogens is 2. The maximum atomic E-state index is 5.25. The first-order chi connectivity index (χ1) is 10.1. The number of ether oxygens (including phenoxy) is 1. The summed E-state index contributed by atoms with van der Waals surface area (Å²) in [5.41, 5.74) is 3.07. The summed E-state index contributed by atoms with van der Waals surface area (Å²) < 4.78 is 7.25. The Morgan fingerprint density at radius 2 is 2.10 bits per heavy atom. The SMILES string of the molecule is CCNc1nc(-c2ccc(C)cc2Br)nc(COC)c1I. The van der Waals surface area contributed by atoms with Gasteiger partial charge in [-0.3, -0.25) is 0 Å². The van der Waals surface area contributed by atoms with E-state index in [2.05, 4.69) is 79.8 Å². The quantitative estimate of drug-likeness (QED) is 0.670. The van der Waals surface area contributed by atoms with Crippen molar-refractivity contribution in [2.45, 2.75) is 20.5 Å². The molecular formula is C15H17BrIN3O. The number of benzene rings is 1. The average Bonchev–Trinajstić information content (AvgIpc) is 2.43. The lowest BCUT2D eigenvalue weighted by Gasteiger charge is -2.13. The summed E-state index contributed by atoms with van der Waals surface area (Å²) in [7, 11) is 1.67. The van der Waals surface area contributed by atoms with E-state index in [-0.39, 0.29) is 0 Å². The summed E-state index contributed by atoms with van der Waals surface area (Å²) in [5, 5.41) is 3.29. The highest BCUT2D eigenvalue weighted by atomic mass is 127. The second kappa shape index (κ2) is 7.51. The third-order valence-electron chi connectivity index (χ3n) is 2.91. The average molecular weight is 462 g/mol. The van der Waals surface area contributed by atoms with Crippen LogP contribution in [0.15, 0.2) is 22.7 Å². The van der Waals surface area contributed by atoms with Gasteiger partial charge in [0.15, 0.2) is 5.82 Å². The molecule has 0 aliphatic carbocycles. The molecule has 6 heteroatoms. The number of nitrogens with one attached hydrogen (secondary N) is 1. The molecule has 2 rings (SSSR count). The van der Waals surface area contributed by atoms with Gasteiger partial charge in [0, 0.05) is 23.7 Å². The molecule has 0 aliphatic rings. The Kier molecular flexibility index (Phi) is 5.95. The van der Waals surface area contributed by atoms with Crippen LogP contribution in [0.4, 0.5) is 5.82 Å². The molecular weight excluding hydrogens is 445 g/mol. The molecule has 0 aliphatic heterocycles. The van der Waals surface area contributed by atoms with E-state index in [0.717, 1.165) is 31.7 Å². The normalized spacial score (nSPS) is 10.7. The Bertz CT molecular complexity index is 622. The van der Waals surface area contributed by atoms with Gasteiger partial charge in [0.2, 0.25) is 0 Å². The van der Waals surface area contributed by atoms with E-state index in [9.17, 15) is 0 Å². The van der Waals surface area contributed by atoms with E-state index < -0.39 is 0 Å². The molecule has 1 heterocycles. The van der Waals surface area contributed by atoms with Crippen molar-refractivity contribution in [2.75, 3.05) is 19.0 Å². The maximum absolute atomic E-state index is 5.25. The molecule has 4 nitrogen and oxygen atoms in total. The number of nitrogens with zero attached hydrogens (tertiary/aromatic N) is 2. The number of rotatable bonds is 5. The molecule has 0 fully saturated rings. The van der Waals surface area contributed by atoms with Gasteiger partial charge >= 0.3 is 0 Å². The lowest BCUT2D eigenvalue weighted by atomic mass is 10.1. The molecule has 0 bridgehead atoms. The van der Waals surface area contributed by atoms with Crippen molar-refractivity contribution in [2.24, 2.45) is 0 Å². The zero-order valence-corrected chi connectivity index (χ0v) is 15.9. The van der Waals surface area contributed by atoms with Crippen LogP contribution < -0.4 is 5.32 Å². The zero-order chi connectivity index (χ0) is 15.4. The van der Waals surface area contributed by atoms with Gasteiger partial charge < -0.3 is 10.1 Å². The molecule has 21 heavy (non-hydrogen) atoms. The van der Waals surface area contributed by atoms with Gasteiger partial charge in [-0.2, -0.15) is 0 Å². The topological polar surface area (TPSA) is 47.0 Å². The van der Waals surface area contributed by atoms with Crippen LogP contribution in [0.1, 0.15) is 18.2 Å². The van der Waals surface area contributed by atoms with Gasteiger partial charge in [0.1, 0.15) is 5.82 Å². The minimum absolute atomic E-state index is 0.468. The minimum atomic E-state index is 0.468. The van der Waals surface area contributed by atoms with Crippen molar-refractivity contribution in [1.82, 2.24) is 9.97 Å². The fourth-order valence-electron chi connectivity index (χ4n) is 1.93. The summed E-state index contributed by atoms with van der Waals surface area (Å²) in [5.74, 6) is 1.55. The number of aromatic nitrogens is 2. The monoisotopic (exact) mass is 461 g/mol. The van der Waals surface area contributed by atoms with E-state index >= 15 is 0 Å². The third-order valence-corrected chi connectivity index (χ3v) is 4.70. The van der Waals surface area contributed by atoms with Crippen LogP contribution in [0.2, 0.25) is 0 Å². The van der Waals surface area contributed by atoms with Crippen molar-refractivity contribution in [3.63, 3.8) is 0 Å². The van der Waals surface area contributed by atoms with Gasteiger partial charge in [0.25, 0.3) is 0 Å². The summed E-state index contributed by atoms with van der Waals surface area (Å²) in [6, 6.07) is 6.16. The van der Waals surface area contributed by atoms with Gasteiger partial charge in [-0.05, 0) is 54.1 Å². The molecule has 0 saturated heterocycles. The van der Waals surface area contributed by atoms with E-state index in [0.29, 0.717) is 12.4 Å². The Labute approximate surface area is 147 Å². The van der Waals surface area contributed by atoms with Crippen LogP contribution in [0.3, 0.4) is 0 Å². The first-order valence-corrected chi connectivity index (χ1v) is 8.49. The van der Waals surface area contributed by atoms with Crippen LogP contribution in [-0.4, -0.2) is 23.6 Å². The summed E-state index contributed by atoms with van der Waals surface area (Å²) in [6.07, 6.45) is 0. The smallest absolute Gasteiger partial charge is 0.163 e. The number of methoxy groups -OCH3 is 1. The number of aryl methyl sites for hydroxylation is 1. The molecule has 0 unspecified atom stereocenters. The van der Waals surface area contributed by atoms with Crippen LogP contribution in [0, 0.1) is 10.5 Å². The van der Waals surface area contributed by atoms with Gasteiger partial charge in [0.05, 0.1) is 15.9 Å². The standard InChI is InChI=1S/C15H17BrIN3O/c1-4-18-15-13(17)12(8-21-3)19-14(20-15)10-6-5-9(2)7-11(10)16/h5-7H,4,8H2,1-3H3,(H,18,19,20). The van der Waals surface area contributed by atoms with E-state index in [1.165, 1.54) is 5.56 Å². The maximum Gasteiger partial charge on any atom is 0.163 e. The van der Waals surface area contributed by atoms with Crippen molar-refractivity contribution in [3.8, 4) is 11.4 Å². The van der Waals surface area contributed by atoms with Crippen LogP contribution in [-0.2, 0) is 11.3 Å². The van der Waals surface area contributed by atoms with Crippen molar-refractivity contribution >= 4 is 44.3 Å². The lowest BCUT2D eigenvalue weighted by molar-refractivity contribution is 0.181. The third kappa shape index (κ3) is 3.92. The molecule has 0 spiro atoms. The Morgan fingerprint density at radius 1 is 1.33 bits per heavy atom. The first-order valence-electron chi connectivity index (χ1n) is 6.62. The minimum Gasteiger partial charge on any atom is -0.378 e. The summed E-state index contributed by atoms with van der Waals surface area (Å²) >= 11 is 5.85. The lowest BCUT2D eigenvalue weighted by Crippen LogP contribution is -2.08. The Hall–Kier alpha value is -0.730. The fourth-order valence-corrected chi connectivity index (χ4v) is 3.19. The molecule has 112 valence electrons. The Balaban J connectivity index is 2.56. The molecule has 0 saturated carbocycles. The first kappa shape index (κ1) is 16.6. The number of hydrogen-bond donors (Lipinski definition) is 1. The van der Waals surface area contributed by atoms with E-state index in [1.54, 1.807) is 7.11 Å². The molecule has 1 aromatic carbocycles. The summed E-state index contributed by atoms with van der Waals surface area (Å²) in [4.78, 5) is 9.30. The Morgan fingerprint density at radius 3 is 2.71 bits per heavy atom. The molecule has 0 radical (unpaired) electrons. The molecule has 0 amide bonds. The van der Waals surface area contributed by atoms with Gasteiger partial charge in [-0.1, -0.05) is 22.0 Å². The molecule has 1 aromatic heterocycles. The van der Waals surface area contributed by atoms with Gasteiger partial charge in [-0.15, -0.1) is 0 Å². The zero-order valence-electron chi connectivity index (χ0n) is 12.2. The molecule has 1 N–H and O–H groups in total. The second-order valence-electron chi connectivity index (χ2n) is 4.60. The van der Waals surface area contributed by atoms with Crippen LogP contribution >= 0.6 is 38.5 Å². The highest BCUT2D eigenvalue weighted by Gasteiger charge is 2.14. The highest BCUT2D eigenvalue weighted by molar-refractivity contribution is 14.1. The second-order valence-corrected chi connectivity index (χ2v) is 6.54. The van der Waals surface area contributed by atoms with Crippen molar-refractivity contribution < 1.29 is 4.74 Å². The number of hydrogen-bond acceptors (Lipinski definition) is 4. The largest absolute Gasteiger partial charge is 0.378 e. The predicted octanol–water partition coefficient (Wildman–Crippen LogP) is 4.40. The van der Waals surface area contributed by atoms with Crippen molar-refractivity contribution in [1.29, 1.82) is 0 Å². The van der Waals surface area contributed by atoms with E-state index in [1.807, 2.05) is 6.07 Å². The van der Waals surface area contributed by atoms with Crippen LogP contribution in [0.25, 0.3) is 11.4 Å². The van der Waals surface area contributed by atoms with Gasteiger partial charge in [-0.25, -0.2) is 9.97 Å². The molecule has 0 atom stereocenters. The van der Waals surface area contributed by atoms with Crippen molar-refractivity contribution in [3.05, 3.63) is 37.5 Å². The summed E-state index contributed by atoms with van der Waals surface area (Å²) in [6.45, 7) is 5.39. The number of anilines is 1. The highest BCUT2D eigenvalue weighted by Crippen LogP contribution is 2.30. The van der Waals surface area contributed by atoms with Crippen LogP contribution in [0.5, 0.6) is 0 Å². The van der Waals surface area contributed by atoms with E-state index in [4.69, 9.17) is 4.74 Å². The molecule has 2 aromatic rings.